The summed E-state index contributed by atoms with van der Waals surface area (Å²) in [7, 11) is -3.73. The van der Waals surface area contributed by atoms with Crippen molar-refractivity contribution in [1.29, 1.82) is 0 Å². The average Bonchev–Trinajstić information content (AvgIpc) is 2.93. The minimum Gasteiger partial charge on any atom is -0.357 e. The van der Waals surface area contributed by atoms with Crippen LogP contribution in [0, 0.1) is 6.92 Å². The van der Waals surface area contributed by atoms with Gasteiger partial charge in [-0.15, -0.1) is 0 Å². The Morgan fingerprint density at radius 2 is 1.80 bits per heavy atom. The normalized spacial score (nSPS) is 15.5. The standard InChI is InChI=1S/C18H15ClN2O3S/c1-11-2-5-13(6-3-11)25(23,24)21-9-16-18(17(22)10-21)14-8-12(19)4-7-15(14)20-16/h2-8,20H,9-10H2,1H3. The molecule has 2 heterocycles. The number of hydrogen-bond donors (Lipinski definition) is 1. The fourth-order valence-corrected chi connectivity index (χ4v) is 4.69. The van der Waals surface area contributed by atoms with Crippen molar-refractivity contribution in [1.82, 2.24) is 9.29 Å². The van der Waals surface area contributed by atoms with E-state index >= 15 is 0 Å². The van der Waals surface area contributed by atoms with E-state index in [4.69, 9.17) is 11.6 Å². The van der Waals surface area contributed by atoms with Crippen molar-refractivity contribution in [2.24, 2.45) is 0 Å². The summed E-state index contributed by atoms with van der Waals surface area (Å²) in [6.45, 7) is 1.84. The number of sulfonamides is 1. The predicted molar refractivity (Wildman–Crippen MR) is 96.4 cm³/mol. The van der Waals surface area contributed by atoms with Crippen LogP contribution in [0.3, 0.4) is 0 Å². The van der Waals surface area contributed by atoms with Crippen molar-refractivity contribution in [3.63, 3.8) is 0 Å². The van der Waals surface area contributed by atoms with Gasteiger partial charge in [-0.2, -0.15) is 4.31 Å². The lowest BCUT2D eigenvalue weighted by atomic mass is 10.0. The third kappa shape index (κ3) is 2.66. The largest absolute Gasteiger partial charge is 0.357 e. The third-order valence-electron chi connectivity index (χ3n) is 4.43. The quantitative estimate of drug-likeness (QED) is 0.746. The molecule has 0 fully saturated rings. The van der Waals surface area contributed by atoms with Crippen LogP contribution in [0.25, 0.3) is 10.9 Å². The van der Waals surface area contributed by atoms with Crippen molar-refractivity contribution in [2.45, 2.75) is 18.4 Å². The van der Waals surface area contributed by atoms with Crippen LogP contribution in [-0.4, -0.2) is 30.0 Å². The monoisotopic (exact) mass is 374 g/mol. The smallest absolute Gasteiger partial charge is 0.243 e. The molecule has 1 N–H and O–H groups in total. The van der Waals surface area contributed by atoms with Crippen LogP contribution in [-0.2, 0) is 16.6 Å². The van der Waals surface area contributed by atoms with Gasteiger partial charge in [0.2, 0.25) is 10.0 Å². The zero-order valence-corrected chi connectivity index (χ0v) is 15.0. The fourth-order valence-electron chi connectivity index (χ4n) is 3.16. The summed E-state index contributed by atoms with van der Waals surface area (Å²) in [6.07, 6.45) is 0. The molecule has 0 bridgehead atoms. The highest BCUT2D eigenvalue weighted by Crippen LogP contribution is 2.31. The number of aromatic amines is 1. The molecule has 0 spiro atoms. The first kappa shape index (κ1) is 16.3. The van der Waals surface area contributed by atoms with Crippen LogP contribution in [0.5, 0.6) is 0 Å². The molecular weight excluding hydrogens is 360 g/mol. The Labute approximate surface area is 150 Å². The Morgan fingerprint density at radius 1 is 1.08 bits per heavy atom. The summed E-state index contributed by atoms with van der Waals surface area (Å²) in [5.74, 6) is -0.231. The lowest BCUT2D eigenvalue weighted by Crippen LogP contribution is -2.39. The summed E-state index contributed by atoms with van der Waals surface area (Å²) in [4.78, 5) is 16.0. The van der Waals surface area contributed by atoms with Crippen LogP contribution in [0.4, 0.5) is 0 Å². The summed E-state index contributed by atoms with van der Waals surface area (Å²) in [5, 5.41) is 1.27. The van der Waals surface area contributed by atoms with Crippen LogP contribution >= 0.6 is 11.6 Å². The molecule has 0 unspecified atom stereocenters. The van der Waals surface area contributed by atoms with Gasteiger partial charge in [-0.3, -0.25) is 4.79 Å². The molecule has 0 saturated heterocycles. The molecule has 0 radical (unpaired) electrons. The molecule has 1 aliphatic rings. The molecular formula is C18H15ClN2O3S. The van der Waals surface area contributed by atoms with Gasteiger partial charge in [-0.05, 0) is 37.3 Å². The van der Waals surface area contributed by atoms with Crippen molar-refractivity contribution in [3.8, 4) is 0 Å². The SMILES string of the molecule is Cc1ccc(S(=O)(=O)N2CC(=O)c3c([nH]c4ccc(Cl)cc34)C2)cc1. The van der Waals surface area contributed by atoms with Gasteiger partial charge < -0.3 is 4.98 Å². The number of carbonyl (C=O) groups excluding carboxylic acids is 1. The number of fused-ring (bicyclic) bond motifs is 3. The minimum atomic E-state index is -3.73. The van der Waals surface area contributed by atoms with Crippen molar-refractivity contribution in [3.05, 3.63) is 64.3 Å². The number of Topliss-reactive ketones (excluding diaryl/α,β-unsaturated/α-hetero) is 1. The molecule has 0 saturated carbocycles. The Morgan fingerprint density at radius 3 is 2.52 bits per heavy atom. The van der Waals surface area contributed by atoms with Gasteiger partial charge in [0.15, 0.2) is 5.78 Å². The number of aryl methyl sites for hydroxylation is 1. The maximum absolute atomic E-state index is 12.9. The van der Waals surface area contributed by atoms with E-state index in [9.17, 15) is 13.2 Å². The van der Waals surface area contributed by atoms with Crippen LogP contribution < -0.4 is 0 Å². The zero-order valence-electron chi connectivity index (χ0n) is 13.4. The maximum atomic E-state index is 12.9. The van der Waals surface area contributed by atoms with Crippen molar-refractivity contribution in [2.75, 3.05) is 6.54 Å². The molecule has 5 nitrogen and oxygen atoms in total. The molecule has 0 aliphatic carbocycles. The highest BCUT2D eigenvalue weighted by molar-refractivity contribution is 7.89. The lowest BCUT2D eigenvalue weighted by molar-refractivity contribution is 0.0951. The number of H-pyrrole nitrogens is 1. The minimum absolute atomic E-state index is 0.129. The molecule has 0 atom stereocenters. The van der Waals surface area contributed by atoms with E-state index in [1.165, 1.54) is 4.31 Å². The summed E-state index contributed by atoms with van der Waals surface area (Å²) in [5.41, 5.74) is 2.89. The maximum Gasteiger partial charge on any atom is 0.243 e. The van der Waals surface area contributed by atoms with E-state index in [0.29, 0.717) is 16.3 Å². The molecule has 25 heavy (non-hydrogen) atoms. The highest BCUT2D eigenvalue weighted by Gasteiger charge is 2.34. The first-order chi connectivity index (χ1) is 11.9. The van der Waals surface area contributed by atoms with Gasteiger partial charge in [-0.1, -0.05) is 29.3 Å². The van der Waals surface area contributed by atoms with Gasteiger partial charge in [0, 0.05) is 27.2 Å². The van der Waals surface area contributed by atoms with Crippen LogP contribution in [0.15, 0.2) is 47.4 Å². The summed E-state index contributed by atoms with van der Waals surface area (Å²) in [6, 6.07) is 11.9. The van der Waals surface area contributed by atoms with Crippen molar-refractivity contribution < 1.29 is 13.2 Å². The number of nitrogens with one attached hydrogen (secondary N) is 1. The van der Waals surface area contributed by atoms with Gasteiger partial charge in [0.1, 0.15) is 0 Å². The fraction of sp³-hybridized carbons (Fsp3) is 0.167. The van der Waals surface area contributed by atoms with E-state index in [1.807, 2.05) is 6.92 Å². The van der Waals surface area contributed by atoms with Crippen molar-refractivity contribution >= 4 is 38.3 Å². The van der Waals surface area contributed by atoms with E-state index in [2.05, 4.69) is 4.98 Å². The second-order valence-corrected chi connectivity index (χ2v) is 8.55. The zero-order chi connectivity index (χ0) is 17.8. The molecule has 1 aromatic heterocycles. The number of rotatable bonds is 2. The topological polar surface area (TPSA) is 70.2 Å². The second kappa shape index (κ2) is 5.69. The van der Waals surface area contributed by atoms with Crippen LogP contribution in [0.1, 0.15) is 21.6 Å². The Kier molecular flexibility index (Phi) is 3.72. The molecule has 1 aliphatic heterocycles. The van der Waals surface area contributed by atoms with E-state index in [0.717, 1.165) is 16.5 Å². The summed E-state index contributed by atoms with van der Waals surface area (Å²) < 4.78 is 26.9. The molecule has 2 aromatic carbocycles. The third-order valence-corrected chi connectivity index (χ3v) is 6.47. The molecule has 3 aromatic rings. The van der Waals surface area contributed by atoms with E-state index < -0.39 is 10.0 Å². The van der Waals surface area contributed by atoms with Gasteiger partial charge >= 0.3 is 0 Å². The second-order valence-electron chi connectivity index (χ2n) is 6.18. The van der Waals surface area contributed by atoms with E-state index in [1.54, 1.807) is 42.5 Å². The molecule has 0 amide bonds. The molecule has 128 valence electrons. The van der Waals surface area contributed by atoms with Gasteiger partial charge in [0.05, 0.1) is 18.0 Å². The molecule has 4 rings (SSSR count). The van der Waals surface area contributed by atoms with Gasteiger partial charge in [-0.25, -0.2) is 8.42 Å². The Bertz CT molecular complexity index is 1100. The number of halogens is 1. The summed E-state index contributed by atoms with van der Waals surface area (Å²) >= 11 is 6.03. The number of aromatic nitrogens is 1. The Balaban J connectivity index is 1.78. The van der Waals surface area contributed by atoms with Gasteiger partial charge in [0.25, 0.3) is 0 Å². The lowest BCUT2D eigenvalue weighted by Gasteiger charge is -2.25. The van der Waals surface area contributed by atoms with E-state index in [-0.39, 0.29) is 23.8 Å². The first-order valence-corrected chi connectivity index (χ1v) is 9.58. The Hall–Kier alpha value is -2.15. The highest BCUT2D eigenvalue weighted by atomic mass is 35.5. The molecule has 7 heteroatoms. The average molecular weight is 375 g/mol. The number of benzene rings is 2. The number of nitrogens with zero attached hydrogens (tertiary/aromatic N) is 1. The first-order valence-electron chi connectivity index (χ1n) is 7.76. The number of carbonyl (C=O) groups is 1. The number of hydrogen-bond acceptors (Lipinski definition) is 3. The predicted octanol–water partition coefficient (Wildman–Crippen LogP) is 3.52. The van der Waals surface area contributed by atoms with Crippen LogP contribution in [0.2, 0.25) is 5.02 Å². The number of ketones is 1.